The average molecular weight is 419 g/mol. The molecule has 1 aliphatic rings. The minimum atomic E-state index is 0. The standard InChI is InChI=1S/C16H25N3O2.HI/c1-6-20-14-8-12-7-11(2)21-15(12)9-13(14)10-18-16(17-3)19(4)5;/h8-9,11H,6-7,10H2,1-5H3,(H,17,18);1H. The lowest BCUT2D eigenvalue weighted by Gasteiger charge is -2.18. The van der Waals surface area contributed by atoms with Gasteiger partial charge in [0.2, 0.25) is 0 Å². The van der Waals surface area contributed by atoms with Gasteiger partial charge in [-0.1, -0.05) is 0 Å². The highest BCUT2D eigenvalue weighted by Crippen LogP contribution is 2.35. The van der Waals surface area contributed by atoms with Gasteiger partial charge in [-0.3, -0.25) is 4.99 Å². The number of nitrogens with one attached hydrogen (secondary N) is 1. The van der Waals surface area contributed by atoms with Crippen molar-refractivity contribution in [2.45, 2.75) is 32.9 Å². The molecular weight excluding hydrogens is 393 g/mol. The molecule has 0 spiro atoms. The van der Waals surface area contributed by atoms with Gasteiger partial charge >= 0.3 is 0 Å². The van der Waals surface area contributed by atoms with Crippen LogP contribution in [0, 0.1) is 0 Å². The SMILES string of the molecule is CCOc1cc2c(cc1CNC(=NC)N(C)C)OC(C)C2.I. The van der Waals surface area contributed by atoms with Gasteiger partial charge in [-0.05, 0) is 26.0 Å². The lowest BCUT2D eigenvalue weighted by Crippen LogP contribution is -2.35. The molecule has 0 amide bonds. The molecule has 1 heterocycles. The molecule has 1 N–H and O–H groups in total. The Morgan fingerprint density at radius 1 is 1.45 bits per heavy atom. The predicted molar refractivity (Wildman–Crippen MR) is 101 cm³/mol. The summed E-state index contributed by atoms with van der Waals surface area (Å²) in [5.74, 6) is 2.74. The number of ether oxygens (including phenoxy) is 2. The summed E-state index contributed by atoms with van der Waals surface area (Å²) >= 11 is 0. The fraction of sp³-hybridized carbons (Fsp3) is 0.562. The molecule has 0 bridgehead atoms. The maximum atomic E-state index is 5.84. The third-order valence-electron chi connectivity index (χ3n) is 3.45. The van der Waals surface area contributed by atoms with Crippen LogP contribution in [0.25, 0.3) is 0 Å². The van der Waals surface area contributed by atoms with Gasteiger partial charge in [0.05, 0.1) is 6.61 Å². The van der Waals surface area contributed by atoms with Crippen molar-refractivity contribution in [3.63, 3.8) is 0 Å². The first kappa shape index (κ1) is 18.9. The summed E-state index contributed by atoms with van der Waals surface area (Å²) in [6, 6.07) is 4.19. The molecule has 1 aromatic carbocycles. The van der Waals surface area contributed by atoms with Gasteiger partial charge in [0.15, 0.2) is 5.96 Å². The molecule has 0 radical (unpaired) electrons. The molecule has 1 atom stereocenters. The molecule has 1 aliphatic heterocycles. The lowest BCUT2D eigenvalue weighted by molar-refractivity contribution is 0.254. The third-order valence-corrected chi connectivity index (χ3v) is 3.45. The van der Waals surface area contributed by atoms with Crippen LogP contribution in [0.2, 0.25) is 0 Å². The highest BCUT2D eigenvalue weighted by atomic mass is 127. The highest BCUT2D eigenvalue weighted by molar-refractivity contribution is 14.0. The molecular formula is C16H26IN3O2. The fourth-order valence-corrected chi connectivity index (χ4v) is 2.52. The van der Waals surface area contributed by atoms with Crippen LogP contribution >= 0.6 is 24.0 Å². The Hall–Kier alpha value is -1.18. The number of rotatable bonds is 4. The van der Waals surface area contributed by atoms with Gasteiger partial charge in [0, 0.05) is 45.2 Å². The summed E-state index contributed by atoms with van der Waals surface area (Å²) in [6.07, 6.45) is 1.19. The summed E-state index contributed by atoms with van der Waals surface area (Å²) < 4.78 is 11.6. The van der Waals surface area contributed by atoms with E-state index in [1.54, 1.807) is 7.05 Å². The topological polar surface area (TPSA) is 46.1 Å². The third kappa shape index (κ3) is 4.41. The zero-order chi connectivity index (χ0) is 15.4. The maximum absolute atomic E-state index is 5.84. The molecule has 0 saturated carbocycles. The van der Waals surface area contributed by atoms with Crippen LogP contribution in [0.5, 0.6) is 11.5 Å². The van der Waals surface area contributed by atoms with Crippen molar-refractivity contribution < 1.29 is 9.47 Å². The van der Waals surface area contributed by atoms with E-state index in [4.69, 9.17) is 9.47 Å². The van der Waals surface area contributed by atoms with Gasteiger partial charge in [-0.15, -0.1) is 24.0 Å². The first-order chi connectivity index (χ1) is 10.0. The summed E-state index contributed by atoms with van der Waals surface area (Å²) in [5.41, 5.74) is 2.32. The minimum Gasteiger partial charge on any atom is -0.494 e. The number of benzene rings is 1. The van der Waals surface area contributed by atoms with E-state index in [1.165, 1.54) is 5.56 Å². The monoisotopic (exact) mass is 419 g/mol. The van der Waals surface area contributed by atoms with Crippen LogP contribution in [0.1, 0.15) is 25.0 Å². The van der Waals surface area contributed by atoms with E-state index in [2.05, 4.69) is 29.4 Å². The molecule has 2 rings (SSSR count). The zero-order valence-electron chi connectivity index (χ0n) is 14.0. The Morgan fingerprint density at radius 2 is 2.18 bits per heavy atom. The number of hydrogen-bond acceptors (Lipinski definition) is 3. The zero-order valence-corrected chi connectivity index (χ0v) is 16.3. The predicted octanol–water partition coefficient (Wildman–Crippen LogP) is 2.66. The quantitative estimate of drug-likeness (QED) is 0.463. The number of aliphatic imine (C=N–C) groups is 1. The van der Waals surface area contributed by atoms with Crippen LogP contribution in [0.15, 0.2) is 17.1 Å². The Kier molecular flexibility index (Phi) is 7.25. The molecule has 0 saturated heterocycles. The van der Waals surface area contributed by atoms with E-state index in [9.17, 15) is 0 Å². The van der Waals surface area contributed by atoms with E-state index in [1.807, 2.05) is 25.9 Å². The van der Waals surface area contributed by atoms with Crippen LogP contribution in [-0.2, 0) is 13.0 Å². The number of fused-ring (bicyclic) bond motifs is 1. The molecule has 0 aliphatic carbocycles. The van der Waals surface area contributed by atoms with Crippen molar-refractivity contribution in [2.75, 3.05) is 27.7 Å². The largest absolute Gasteiger partial charge is 0.494 e. The van der Waals surface area contributed by atoms with Gasteiger partial charge in [-0.25, -0.2) is 0 Å². The normalized spacial score (nSPS) is 16.4. The lowest BCUT2D eigenvalue weighted by atomic mass is 10.1. The fourth-order valence-electron chi connectivity index (χ4n) is 2.52. The van der Waals surface area contributed by atoms with Gasteiger partial charge < -0.3 is 19.7 Å². The molecule has 5 nitrogen and oxygen atoms in total. The summed E-state index contributed by atoms with van der Waals surface area (Å²) in [7, 11) is 5.71. The maximum Gasteiger partial charge on any atom is 0.193 e. The summed E-state index contributed by atoms with van der Waals surface area (Å²) in [6.45, 7) is 5.41. The van der Waals surface area contributed by atoms with Crippen molar-refractivity contribution in [3.05, 3.63) is 23.3 Å². The number of nitrogens with zero attached hydrogens (tertiary/aromatic N) is 2. The highest BCUT2D eigenvalue weighted by Gasteiger charge is 2.21. The van der Waals surface area contributed by atoms with E-state index in [0.29, 0.717) is 13.2 Å². The number of halogens is 1. The van der Waals surface area contributed by atoms with E-state index in [0.717, 1.165) is 29.4 Å². The van der Waals surface area contributed by atoms with Gasteiger partial charge in [0.25, 0.3) is 0 Å². The molecule has 22 heavy (non-hydrogen) atoms. The van der Waals surface area contributed by atoms with Crippen LogP contribution in [-0.4, -0.2) is 44.7 Å². The molecule has 6 heteroatoms. The Labute approximate surface area is 150 Å². The van der Waals surface area contributed by atoms with Gasteiger partial charge in [0.1, 0.15) is 17.6 Å². The van der Waals surface area contributed by atoms with Crippen molar-refractivity contribution >= 4 is 29.9 Å². The van der Waals surface area contributed by atoms with Crippen molar-refractivity contribution in [2.24, 2.45) is 4.99 Å². The van der Waals surface area contributed by atoms with Crippen molar-refractivity contribution in [1.82, 2.24) is 10.2 Å². The van der Waals surface area contributed by atoms with Crippen LogP contribution < -0.4 is 14.8 Å². The van der Waals surface area contributed by atoms with Crippen molar-refractivity contribution in [3.8, 4) is 11.5 Å². The minimum absolute atomic E-state index is 0. The summed E-state index contributed by atoms with van der Waals surface area (Å²) in [5, 5.41) is 3.33. The second-order valence-electron chi connectivity index (χ2n) is 5.43. The Bertz CT molecular complexity index is 532. The first-order valence-corrected chi connectivity index (χ1v) is 7.38. The van der Waals surface area contributed by atoms with E-state index < -0.39 is 0 Å². The second-order valence-corrected chi connectivity index (χ2v) is 5.43. The molecule has 1 unspecified atom stereocenters. The van der Waals surface area contributed by atoms with Crippen molar-refractivity contribution in [1.29, 1.82) is 0 Å². The Balaban J connectivity index is 0.00000242. The average Bonchev–Trinajstić information content (AvgIpc) is 2.78. The molecule has 0 aromatic heterocycles. The smallest absolute Gasteiger partial charge is 0.193 e. The molecule has 0 fully saturated rings. The van der Waals surface area contributed by atoms with Crippen LogP contribution in [0.3, 0.4) is 0 Å². The number of guanidine groups is 1. The van der Waals surface area contributed by atoms with E-state index in [-0.39, 0.29) is 30.1 Å². The first-order valence-electron chi connectivity index (χ1n) is 7.38. The van der Waals surface area contributed by atoms with Crippen LogP contribution in [0.4, 0.5) is 0 Å². The van der Waals surface area contributed by atoms with Gasteiger partial charge in [-0.2, -0.15) is 0 Å². The number of hydrogen-bond donors (Lipinski definition) is 1. The molecule has 124 valence electrons. The second kappa shape index (κ2) is 8.45. The molecule has 1 aromatic rings. The van der Waals surface area contributed by atoms with E-state index >= 15 is 0 Å². The summed E-state index contributed by atoms with van der Waals surface area (Å²) in [4.78, 5) is 6.17. The Morgan fingerprint density at radius 3 is 2.77 bits per heavy atom.